The number of carbonyl (C=O) groups is 3. The summed E-state index contributed by atoms with van der Waals surface area (Å²) in [5.74, 6) is -0.424. The molecule has 1 heterocycles. The van der Waals surface area contributed by atoms with Crippen LogP contribution < -0.4 is 10.1 Å². The summed E-state index contributed by atoms with van der Waals surface area (Å²) in [6.07, 6.45) is 3.52. The van der Waals surface area contributed by atoms with Crippen LogP contribution in [-0.4, -0.2) is 41.9 Å². The molecule has 0 aliphatic carbocycles. The van der Waals surface area contributed by atoms with Crippen LogP contribution in [0.4, 0.5) is 10.5 Å². The number of rotatable bonds is 6. The molecule has 3 amide bonds. The van der Waals surface area contributed by atoms with E-state index in [1.54, 1.807) is 30.0 Å². The van der Waals surface area contributed by atoms with Gasteiger partial charge in [0.15, 0.2) is 0 Å². The normalized spacial score (nSPS) is 15.1. The van der Waals surface area contributed by atoms with E-state index in [0.29, 0.717) is 21.5 Å². The van der Waals surface area contributed by atoms with Crippen molar-refractivity contribution in [2.24, 2.45) is 0 Å². The minimum Gasteiger partial charge on any atom is -0.495 e. The molecule has 2 aromatic rings. The Bertz CT molecular complexity index is 1060. The summed E-state index contributed by atoms with van der Waals surface area (Å²) in [5.41, 5.74) is 1.24. The highest BCUT2D eigenvalue weighted by molar-refractivity contribution is 9.11. The number of halogens is 2. The fraction of sp³-hybridized carbons (Fsp3) is 0.150. The first-order valence-corrected chi connectivity index (χ1v) is 12.2. The highest BCUT2D eigenvalue weighted by atomic mass is 79.9. The van der Waals surface area contributed by atoms with Gasteiger partial charge in [-0.15, -0.1) is 11.8 Å². The highest BCUT2D eigenvalue weighted by Crippen LogP contribution is 2.38. The fourth-order valence-corrected chi connectivity index (χ4v) is 5.43. The van der Waals surface area contributed by atoms with Crippen LogP contribution in [0.3, 0.4) is 0 Å². The first-order valence-electron chi connectivity index (χ1n) is 8.54. The molecule has 0 atom stereocenters. The number of imide groups is 1. The zero-order chi connectivity index (χ0) is 21.8. The molecule has 1 fully saturated rings. The lowest BCUT2D eigenvalue weighted by Crippen LogP contribution is -2.36. The third-order valence-corrected chi connectivity index (χ3v) is 6.74. The van der Waals surface area contributed by atoms with Crippen LogP contribution in [0.2, 0.25) is 0 Å². The molecular formula is C20H16Br2N2O4S2. The van der Waals surface area contributed by atoms with Crippen molar-refractivity contribution in [2.45, 2.75) is 4.90 Å². The second-order valence-corrected chi connectivity index (χ2v) is 9.70. The molecule has 0 unspecified atom stereocenters. The number of hydrogen-bond acceptors (Lipinski definition) is 6. The Morgan fingerprint density at radius 3 is 2.73 bits per heavy atom. The van der Waals surface area contributed by atoms with Crippen LogP contribution in [0.5, 0.6) is 5.75 Å². The zero-order valence-electron chi connectivity index (χ0n) is 15.9. The number of hydrogen-bond donors (Lipinski definition) is 1. The molecule has 0 spiro atoms. The molecule has 1 aliphatic rings. The lowest BCUT2D eigenvalue weighted by atomic mass is 10.2. The van der Waals surface area contributed by atoms with Crippen molar-refractivity contribution in [1.82, 2.24) is 4.90 Å². The summed E-state index contributed by atoms with van der Waals surface area (Å²) in [6, 6.07) is 10.9. The highest BCUT2D eigenvalue weighted by Gasteiger charge is 2.36. The topological polar surface area (TPSA) is 75.7 Å². The van der Waals surface area contributed by atoms with Gasteiger partial charge in [-0.25, -0.2) is 0 Å². The molecule has 6 nitrogen and oxygen atoms in total. The molecule has 30 heavy (non-hydrogen) atoms. The van der Waals surface area contributed by atoms with Crippen molar-refractivity contribution in [3.05, 3.63) is 55.8 Å². The second-order valence-electron chi connectivity index (χ2n) is 6.06. The molecule has 156 valence electrons. The summed E-state index contributed by atoms with van der Waals surface area (Å²) < 4.78 is 6.87. The Balaban J connectivity index is 1.76. The van der Waals surface area contributed by atoms with Crippen molar-refractivity contribution in [3.8, 4) is 5.75 Å². The van der Waals surface area contributed by atoms with E-state index in [2.05, 4.69) is 37.2 Å². The molecule has 0 radical (unpaired) electrons. The predicted octanol–water partition coefficient (Wildman–Crippen LogP) is 5.62. The molecule has 1 aliphatic heterocycles. The Kier molecular flexibility index (Phi) is 7.67. The molecule has 0 aromatic heterocycles. The van der Waals surface area contributed by atoms with Gasteiger partial charge < -0.3 is 10.1 Å². The average Bonchev–Trinajstić information content (AvgIpc) is 2.95. The first-order chi connectivity index (χ1) is 14.3. The van der Waals surface area contributed by atoms with Crippen molar-refractivity contribution >= 4 is 84.2 Å². The SMILES string of the molecule is COc1c(Br)cc(Br)cc1/C=C1/SC(=O)N(CC(=O)Nc2cccc(SC)c2)C1=O. The fourth-order valence-electron chi connectivity index (χ4n) is 2.73. The van der Waals surface area contributed by atoms with Crippen molar-refractivity contribution in [2.75, 3.05) is 25.2 Å². The number of anilines is 1. The van der Waals surface area contributed by atoms with Crippen molar-refractivity contribution < 1.29 is 19.1 Å². The van der Waals surface area contributed by atoms with E-state index in [9.17, 15) is 14.4 Å². The maximum Gasteiger partial charge on any atom is 0.294 e. The quantitative estimate of drug-likeness (QED) is 0.358. The summed E-state index contributed by atoms with van der Waals surface area (Å²) in [5, 5.41) is 2.23. The molecular weight excluding hydrogens is 556 g/mol. The maximum atomic E-state index is 12.7. The number of ether oxygens (including phenoxy) is 1. The molecule has 3 rings (SSSR count). The minimum atomic E-state index is -0.517. The van der Waals surface area contributed by atoms with Gasteiger partial charge in [-0.2, -0.15) is 0 Å². The minimum absolute atomic E-state index is 0.223. The Morgan fingerprint density at radius 1 is 1.27 bits per heavy atom. The van der Waals surface area contributed by atoms with E-state index in [4.69, 9.17) is 4.74 Å². The van der Waals surface area contributed by atoms with E-state index in [0.717, 1.165) is 26.0 Å². The Morgan fingerprint density at radius 2 is 2.03 bits per heavy atom. The third kappa shape index (κ3) is 5.29. The standard InChI is InChI=1S/C20H16Br2N2O4S2/c1-28-18-11(6-12(21)8-15(18)22)7-16-19(26)24(20(27)30-16)10-17(25)23-13-4-3-5-14(9-13)29-2/h3-9H,10H2,1-2H3,(H,23,25)/b16-7+. The van der Waals surface area contributed by atoms with Gasteiger partial charge >= 0.3 is 0 Å². The second kappa shape index (κ2) is 10.0. The Labute approximate surface area is 199 Å². The number of nitrogens with one attached hydrogen (secondary N) is 1. The van der Waals surface area contributed by atoms with Gasteiger partial charge in [-0.3, -0.25) is 19.3 Å². The van der Waals surface area contributed by atoms with E-state index in [1.165, 1.54) is 7.11 Å². The van der Waals surface area contributed by atoms with Gasteiger partial charge in [0.1, 0.15) is 12.3 Å². The average molecular weight is 572 g/mol. The van der Waals surface area contributed by atoms with Gasteiger partial charge in [0.25, 0.3) is 11.1 Å². The van der Waals surface area contributed by atoms with Crippen LogP contribution in [0.25, 0.3) is 6.08 Å². The smallest absolute Gasteiger partial charge is 0.294 e. The monoisotopic (exact) mass is 570 g/mol. The number of benzene rings is 2. The number of amides is 3. The van der Waals surface area contributed by atoms with Gasteiger partial charge in [-0.1, -0.05) is 22.0 Å². The van der Waals surface area contributed by atoms with E-state index < -0.39 is 17.1 Å². The maximum absolute atomic E-state index is 12.7. The van der Waals surface area contributed by atoms with Gasteiger partial charge in [-0.05, 0) is 70.4 Å². The van der Waals surface area contributed by atoms with Crippen LogP contribution in [-0.2, 0) is 9.59 Å². The lowest BCUT2D eigenvalue weighted by Gasteiger charge is -2.13. The van der Waals surface area contributed by atoms with Gasteiger partial charge in [0.2, 0.25) is 5.91 Å². The molecule has 0 saturated carbocycles. The molecule has 10 heteroatoms. The summed E-state index contributed by atoms with van der Waals surface area (Å²) in [7, 11) is 1.52. The summed E-state index contributed by atoms with van der Waals surface area (Å²) >= 11 is 9.16. The number of carbonyl (C=O) groups excluding carboxylic acids is 3. The third-order valence-electron chi connectivity index (χ3n) is 4.06. The number of thioether (sulfide) groups is 2. The van der Waals surface area contributed by atoms with Crippen molar-refractivity contribution in [1.29, 1.82) is 0 Å². The Hall–Kier alpha value is -1.75. The van der Waals surface area contributed by atoms with Crippen molar-refractivity contribution in [3.63, 3.8) is 0 Å². The van der Waals surface area contributed by atoms with Crippen LogP contribution in [0, 0.1) is 0 Å². The van der Waals surface area contributed by atoms with Crippen LogP contribution in [0.1, 0.15) is 5.56 Å². The van der Waals surface area contributed by atoms with Gasteiger partial charge in [0, 0.05) is 20.6 Å². The summed E-state index contributed by atoms with van der Waals surface area (Å²) in [6.45, 7) is -0.356. The largest absolute Gasteiger partial charge is 0.495 e. The molecule has 1 N–H and O–H groups in total. The van der Waals surface area contributed by atoms with Gasteiger partial charge in [0.05, 0.1) is 16.5 Å². The lowest BCUT2D eigenvalue weighted by molar-refractivity contribution is -0.127. The van der Waals surface area contributed by atoms with Crippen LogP contribution in [0.15, 0.2) is 55.1 Å². The molecule has 0 bridgehead atoms. The van der Waals surface area contributed by atoms with E-state index >= 15 is 0 Å². The first kappa shape index (κ1) is 22.9. The van der Waals surface area contributed by atoms with E-state index in [-0.39, 0.29) is 11.4 Å². The van der Waals surface area contributed by atoms with Crippen LogP contribution >= 0.6 is 55.4 Å². The van der Waals surface area contributed by atoms with E-state index in [1.807, 2.05) is 30.5 Å². The number of methoxy groups -OCH3 is 1. The predicted molar refractivity (Wildman–Crippen MR) is 128 cm³/mol. The zero-order valence-corrected chi connectivity index (χ0v) is 20.7. The molecule has 1 saturated heterocycles. The molecule has 2 aromatic carbocycles. The number of nitrogens with zero attached hydrogens (tertiary/aromatic N) is 1. The summed E-state index contributed by atoms with van der Waals surface area (Å²) in [4.78, 5) is 39.6.